The van der Waals surface area contributed by atoms with E-state index in [0.29, 0.717) is 16.2 Å². The molecule has 3 heterocycles. The molecule has 0 bridgehead atoms. The third-order valence-electron chi connectivity index (χ3n) is 8.62. The predicted molar refractivity (Wildman–Crippen MR) is 150 cm³/mol. The van der Waals surface area contributed by atoms with Gasteiger partial charge in [-0.2, -0.15) is 21.6 Å². The zero-order valence-electron chi connectivity index (χ0n) is 24.9. The topological polar surface area (TPSA) is 152 Å². The van der Waals surface area contributed by atoms with Gasteiger partial charge in [-0.25, -0.2) is 8.98 Å². The van der Waals surface area contributed by atoms with Gasteiger partial charge in [0.2, 0.25) is 0 Å². The van der Waals surface area contributed by atoms with Crippen LogP contribution < -0.4 is 17.0 Å². The monoisotopic (exact) mass is 643 g/mol. The van der Waals surface area contributed by atoms with Crippen LogP contribution >= 0.6 is 0 Å². The second kappa shape index (κ2) is 10.2. The fourth-order valence-electron chi connectivity index (χ4n) is 4.09. The maximum absolute atomic E-state index is 13.7. The third-order valence-corrected chi connectivity index (χ3v) is 18.6. The van der Waals surface area contributed by atoms with E-state index in [2.05, 4.69) is 0 Å². The molecule has 0 aromatic carbocycles. The van der Waals surface area contributed by atoms with E-state index in [1.54, 1.807) is 4.98 Å². The summed E-state index contributed by atoms with van der Waals surface area (Å²) in [4.78, 5) is 26.7. The number of halogens is 3. The van der Waals surface area contributed by atoms with E-state index in [1.807, 2.05) is 67.7 Å². The van der Waals surface area contributed by atoms with E-state index in [-0.39, 0.29) is 17.3 Å². The number of aromatic nitrogens is 2. The number of nitrogens with zero attached hydrogens (tertiary/aromatic N) is 1. The highest BCUT2D eigenvalue weighted by atomic mass is 32.2. The van der Waals surface area contributed by atoms with E-state index >= 15 is 0 Å². The van der Waals surface area contributed by atoms with Crippen LogP contribution in [0.15, 0.2) is 26.9 Å². The van der Waals surface area contributed by atoms with Gasteiger partial charge in [0.25, 0.3) is 15.7 Å². The number of ether oxygens (including phenoxy) is 1. The third kappa shape index (κ3) is 6.17. The Labute approximate surface area is 239 Å². The van der Waals surface area contributed by atoms with Gasteiger partial charge in [-0.3, -0.25) is 14.3 Å². The van der Waals surface area contributed by atoms with Gasteiger partial charge in [-0.05, 0) is 36.3 Å². The first-order valence-electron chi connectivity index (χ1n) is 13.0. The molecular weight excluding hydrogens is 604 g/mol. The number of nitrogens with one attached hydrogen (secondary N) is 1. The van der Waals surface area contributed by atoms with Crippen molar-refractivity contribution in [1.29, 1.82) is 0 Å². The normalized spacial score (nSPS) is 27.4. The number of hydrogen-bond donors (Lipinski definition) is 2. The summed E-state index contributed by atoms with van der Waals surface area (Å²) in [6, 6.07) is 0. The highest BCUT2D eigenvalue weighted by molar-refractivity contribution is 7.90. The molecule has 1 aromatic heterocycles. The molecule has 2 aliphatic heterocycles. The molecule has 1 spiro atoms. The first-order valence-corrected chi connectivity index (χ1v) is 20.3. The lowest BCUT2D eigenvalue weighted by Gasteiger charge is -2.43. The van der Waals surface area contributed by atoms with Crippen LogP contribution in [-0.2, 0) is 34.1 Å². The lowest BCUT2D eigenvalue weighted by Crippen LogP contribution is -2.59. The molecule has 17 heteroatoms. The first kappa shape index (κ1) is 33.7. The molecule has 11 nitrogen and oxygen atoms in total. The number of hydrogen-bond acceptors (Lipinski definition) is 9. The molecule has 2 aliphatic rings. The first-order chi connectivity index (χ1) is 18.2. The Hall–Kier alpha value is -1.77. The van der Waals surface area contributed by atoms with Gasteiger partial charge in [0.15, 0.2) is 28.5 Å². The molecule has 234 valence electrons. The van der Waals surface area contributed by atoms with Crippen LogP contribution in [0.3, 0.4) is 0 Å². The summed E-state index contributed by atoms with van der Waals surface area (Å²) in [5.74, 6) is 0. The molecule has 1 saturated heterocycles. The van der Waals surface area contributed by atoms with E-state index < -0.39 is 78.8 Å². The molecule has 0 unspecified atom stereocenters. The molecule has 3 rings (SSSR count). The average Bonchev–Trinajstić information content (AvgIpc) is 3.16. The Balaban J connectivity index is 2.30. The van der Waals surface area contributed by atoms with Crippen molar-refractivity contribution in [1.82, 2.24) is 9.55 Å². The predicted octanol–water partition coefficient (Wildman–Crippen LogP) is 3.76. The average molecular weight is 644 g/mol. The molecule has 1 aromatic rings. The van der Waals surface area contributed by atoms with Gasteiger partial charge in [0.05, 0.1) is 17.7 Å². The summed E-state index contributed by atoms with van der Waals surface area (Å²) in [5, 5.41) is -0.0367. The van der Waals surface area contributed by atoms with E-state index in [9.17, 15) is 31.2 Å². The number of alkyl halides is 3. The van der Waals surface area contributed by atoms with Gasteiger partial charge in [0, 0.05) is 6.20 Å². The van der Waals surface area contributed by atoms with Crippen molar-refractivity contribution in [2.45, 2.75) is 108 Å². The van der Waals surface area contributed by atoms with Gasteiger partial charge in [0.1, 0.15) is 17.8 Å². The standard InChI is InChI=1S/C24H40F3N3O8SSi2/c1-21(2,3)40(7,8)35-12-16-23(15(28)13-39(33,34)38-23)17(37-41(9,10)22(4,5)6)19(36-16)30-11-14(24(25,26)27)18(31)29-20(30)32/h11,13,16-17,19H,12,28H2,1-10H3,(H,29,31,32)/t16-,17+,19-,23-/m1/s1. The summed E-state index contributed by atoms with van der Waals surface area (Å²) < 4.78 is 92.0. The van der Waals surface area contributed by atoms with Crippen LogP contribution in [0.4, 0.5) is 13.2 Å². The minimum atomic E-state index is -5.11. The van der Waals surface area contributed by atoms with Crippen molar-refractivity contribution in [2.75, 3.05) is 6.61 Å². The van der Waals surface area contributed by atoms with Gasteiger partial charge in [-0.1, -0.05) is 41.5 Å². The minimum absolute atomic E-state index is 0.265. The van der Waals surface area contributed by atoms with Gasteiger partial charge in [-0.15, -0.1) is 0 Å². The van der Waals surface area contributed by atoms with E-state index in [0.717, 1.165) is 0 Å². The number of H-pyrrole nitrogens is 1. The van der Waals surface area contributed by atoms with Crippen LogP contribution in [-0.4, -0.2) is 59.0 Å². The van der Waals surface area contributed by atoms with Crippen molar-refractivity contribution < 1.29 is 39.4 Å². The summed E-state index contributed by atoms with van der Waals surface area (Å²) in [5.41, 5.74) is -0.552. The zero-order valence-corrected chi connectivity index (χ0v) is 27.7. The molecule has 0 amide bonds. The fraction of sp³-hybridized carbons (Fsp3) is 0.750. The van der Waals surface area contributed by atoms with Crippen molar-refractivity contribution in [3.63, 3.8) is 0 Å². The Morgan fingerprint density at radius 2 is 1.59 bits per heavy atom. The number of nitrogens with two attached hydrogens (primary N) is 1. The van der Waals surface area contributed by atoms with Crippen LogP contribution in [0.25, 0.3) is 0 Å². The lowest BCUT2D eigenvalue weighted by molar-refractivity contribution is -0.140. The highest BCUT2D eigenvalue weighted by Crippen LogP contribution is 2.52. The summed E-state index contributed by atoms with van der Waals surface area (Å²) >= 11 is 0. The maximum atomic E-state index is 13.7. The molecule has 4 atom stereocenters. The Morgan fingerprint density at radius 1 is 1.05 bits per heavy atom. The minimum Gasteiger partial charge on any atom is -0.414 e. The lowest BCUT2D eigenvalue weighted by atomic mass is 9.89. The van der Waals surface area contributed by atoms with Gasteiger partial charge >= 0.3 is 11.9 Å². The largest absolute Gasteiger partial charge is 0.423 e. The molecule has 3 N–H and O–H groups in total. The van der Waals surface area contributed by atoms with Crippen molar-refractivity contribution in [2.24, 2.45) is 5.73 Å². The number of aromatic amines is 1. The smallest absolute Gasteiger partial charge is 0.414 e. The molecule has 41 heavy (non-hydrogen) atoms. The van der Waals surface area contributed by atoms with Crippen molar-refractivity contribution in [3.05, 3.63) is 43.7 Å². The van der Waals surface area contributed by atoms with Crippen molar-refractivity contribution in [3.8, 4) is 0 Å². The Kier molecular flexibility index (Phi) is 8.36. The SMILES string of the molecule is CC(C)(C)[Si](C)(C)OC[C@H]1O[C@@H](n2cc(C(F)(F)F)c(=O)[nH]c2=O)[C@H](O[Si](C)(C)C(C)(C)C)[C@]12OS(=O)(=O)C=C2N. The molecule has 0 radical (unpaired) electrons. The van der Waals surface area contributed by atoms with E-state index in [1.165, 1.54) is 0 Å². The highest BCUT2D eigenvalue weighted by Gasteiger charge is 2.67. The second-order valence-electron chi connectivity index (χ2n) is 13.5. The second-order valence-corrected chi connectivity index (χ2v) is 24.5. The van der Waals surface area contributed by atoms with Crippen LogP contribution in [0, 0.1) is 0 Å². The number of rotatable bonds is 6. The zero-order chi connectivity index (χ0) is 31.8. The summed E-state index contributed by atoms with van der Waals surface area (Å²) in [6.45, 7) is 18.9. The molecular formula is C24H40F3N3O8SSi2. The summed E-state index contributed by atoms with van der Waals surface area (Å²) in [6.07, 6.45) is -9.29. The quantitative estimate of drug-likeness (QED) is 0.349. The Bertz CT molecular complexity index is 1440. The van der Waals surface area contributed by atoms with Crippen LogP contribution in [0.2, 0.25) is 36.3 Å². The van der Waals surface area contributed by atoms with Crippen LogP contribution in [0.5, 0.6) is 0 Å². The van der Waals surface area contributed by atoms with Gasteiger partial charge < -0.3 is 19.3 Å². The van der Waals surface area contributed by atoms with E-state index in [4.69, 9.17) is 23.5 Å². The fourth-order valence-corrected chi connectivity index (χ4v) is 7.60. The van der Waals surface area contributed by atoms with Crippen LogP contribution in [0.1, 0.15) is 53.3 Å². The maximum Gasteiger partial charge on any atom is 0.423 e. The molecule has 0 saturated carbocycles. The summed E-state index contributed by atoms with van der Waals surface area (Å²) in [7, 11) is -9.76. The Morgan fingerprint density at radius 3 is 2.02 bits per heavy atom. The van der Waals surface area contributed by atoms with Crippen molar-refractivity contribution >= 4 is 26.8 Å². The molecule has 0 aliphatic carbocycles. The molecule has 1 fully saturated rings.